The molecule has 0 atom stereocenters. The largest absolute Gasteiger partial charge is 0.281 e. The molecule has 8 heteroatoms. The summed E-state index contributed by atoms with van der Waals surface area (Å²) < 4.78 is 29.2. The predicted octanol–water partition coefficient (Wildman–Crippen LogP) is 1.54. The maximum atomic E-state index is 12.2. The van der Waals surface area contributed by atoms with Gasteiger partial charge in [-0.25, -0.2) is 0 Å². The van der Waals surface area contributed by atoms with E-state index in [1.165, 1.54) is 9.87 Å². The van der Waals surface area contributed by atoms with Gasteiger partial charge in [0.1, 0.15) is 0 Å². The second-order valence-corrected chi connectivity index (χ2v) is 8.83. The molecule has 136 valence electrons. The standard InChI is InChI=1S/C17H25N5O2S/c1-20(2)25(23,24)22-11-7-14(8-12-22)13-15-5-4-9-18-17(15)16-6-10-19-21(16)3/h4-6,9-10,14H,7-8,11-13H2,1-3H3. The van der Waals surface area contributed by atoms with E-state index in [0.29, 0.717) is 19.0 Å². The van der Waals surface area contributed by atoms with Crippen LogP contribution in [0.15, 0.2) is 30.6 Å². The molecule has 0 bridgehead atoms. The van der Waals surface area contributed by atoms with Gasteiger partial charge in [-0.15, -0.1) is 0 Å². The Kier molecular flexibility index (Phi) is 5.21. The molecule has 1 fully saturated rings. The highest BCUT2D eigenvalue weighted by Gasteiger charge is 2.29. The summed E-state index contributed by atoms with van der Waals surface area (Å²) in [5, 5.41) is 4.23. The molecule has 0 unspecified atom stereocenters. The zero-order chi connectivity index (χ0) is 18.0. The van der Waals surface area contributed by atoms with Crippen molar-refractivity contribution in [3.8, 4) is 11.4 Å². The van der Waals surface area contributed by atoms with Crippen LogP contribution < -0.4 is 0 Å². The molecule has 0 saturated carbocycles. The van der Waals surface area contributed by atoms with E-state index < -0.39 is 10.2 Å². The lowest BCUT2D eigenvalue weighted by Crippen LogP contribution is -2.44. The van der Waals surface area contributed by atoms with Crippen LogP contribution in [0.4, 0.5) is 0 Å². The minimum atomic E-state index is -3.30. The molecule has 3 heterocycles. The lowest BCUT2D eigenvalue weighted by molar-refractivity contribution is 0.262. The van der Waals surface area contributed by atoms with Crippen molar-refractivity contribution < 1.29 is 8.42 Å². The van der Waals surface area contributed by atoms with Crippen LogP contribution in [-0.4, -0.2) is 59.0 Å². The van der Waals surface area contributed by atoms with E-state index in [0.717, 1.165) is 30.7 Å². The molecule has 0 spiro atoms. The van der Waals surface area contributed by atoms with Gasteiger partial charge in [-0.3, -0.25) is 9.67 Å². The number of pyridine rings is 1. The Morgan fingerprint density at radius 1 is 1.20 bits per heavy atom. The Morgan fingerprint density at radius 3 is 2.52 bits per heavy atom. The number of aryl methyl sites for hydroxylation is 1. The first-order chi connectivity index (χ1) is 11.9. The van der Waals surface area contributed by atoms with Crippen molar-refractivity contribution >= 4 is 10.2 Å². The minimum absolute atomic E-state index is 0.463. The van der Waals surface area contributed by atoms with E-state index in [1.54, 1.807) is 30.8 Å². The van der Waals surface area contributed by atoms with Crippen LogP contribution >= 0.6 is 0 Å². The molecule has 2 aromatic rings. The molecule has 7 nitrogen and oxygen atoms in total. The third-order valence-electron chi connectivity index (χ3n) is 4.82. The van der Waals surface area contributed by atoms with Crippen molar-refractivity contribution in [2.45, 2.75) is 19.3 Å². The number of piperidine rings is 1. The molecule has 0 aliphatic carbocycles. The van der Waals surface area contributed by atoms with Gasteiger partial charge in [-0.05, 0) is 42.9 Å². The van der Waals surface area contributed by atoms with Crippen molar-refractivity contribution in [1.29, 1.82) is 0 Å². The van der Waals surface area contributed by atoms with E-state index in [1.807, 2.05) is 23.9 Å². The van der Waals surface area contributed by atoms with Gasteiger partial charge in [0.05, 0.1) is 11.4 Å². The summed E-state index contributed by atoms with van der Waals surface area (Å²) >= 11 is 0. The van der Waals surface area contributed by atoms with Crippen LogP contribution in [0, 0.1) is 5.92 Å². The summed E-state index contributed by atoms with van der Waals surface area (Å²) in [5.74, 6) is 0.463. The van der Waals surface area contributed by atoms with Crippen molar-refractivity contribution in [3.63, 3.8) is 0 Å². The van der Waals surface area contributed by atoms with Crippen LogP contribution in [0.2, 0.25) is 0 Å². The fourth-order valence-corrected chi connectivity index (χ4v) is 4.46. The van der Waals surface area contributed by atoms with Gasteiger partial charge in [0.2, 0.25) is 0 Å². The first-order valence-corrected chi connectivity index (χ1v) is 9.89. The molecule has 1 aliphatic rings. The zero-order valence-corrected chi connectivity index (χ0v) is 15.8. The first-order valence-electron chi connectivity index (χ1n) is 8.49. The monoisotopic (exact) mass is 363 g/mol. The van der Waals surface area contributed by atoms with Gasteiger partial charge >= 0.3 is 0 Å². The average molecular weight is 363 g/mol. The lowest BCUT2D eigenvalue weighted by atomic mass is 9.90. The van der Waals surface area contributed by atoms with Crippen molar-refractivity contribution in [1.82, 2.24) is 23.4 Å². The Hall–Kier alpha value is -1.77. The van der Waals surface area contributed by atoms with Crippen LogP contribution in [-0.2, 0) is 23.7 Å². The molecule has 1 saturated heterocycles. The van der Waals surface area contributed by atoms with Crippen LogP contribution in [0.25, 0.3) is 11.4 Å². The highest BCUT2D eigenvalue weighted by Crippen LogP contribution is 2.28. The SMILES string of the molecule is CN(C)S(=O)(=O)N1CCC(Cc2cccnc2-c2ccnn2C)CC1. The second kappa shape index (κ2) is 7.23. The average Bonchev–Trinajstić information content (AvgIpc) is 3.01. The first kappa shape index (κ1) is 18.0. The van der Waals surface area contributed by atoms with Crippen molar-refractivity contribution in [2.24, 2.45) is 13.0 Å². The van der Waals surface area contributed by atoms with Gasteiger partial charge in [-0.1, -0.05) is 6.07 Å². The zero-order valence-electron chi connectivity index (χ0n) is 15.0. The van der Waals surface area contributed by atoms with Crippen LogP contribution in [0.5, 0.6) is 0 Å². The molecular weight excluding hydrogens is 338 g/mol. The Labute approximate surface area is 149 Å². The molecule has 3 rings (SSSR count). The smallest absolute Gasteiger partial charge is 0.266 e. The molecule has 0 N–H and O–H groups in total. The predicted molar refractivity (Wildman–Crippen MR) is 97.0 cm³/mol. The summed E-state index contributed by atoms with van der Waals surface area (Å²) in [6.45, 7) is 1.15. The number of nitrogens with zero attached hydrogens (tertiary/aromatic N) is 5. The number of hydrogen-bond donors (Lipinski definition) is 0. The van der Waals surface area contributed by atoms with E-state index in [9.17, 15) is 8.42 Å². The van der Waals surface area contributed by atoms with Gasteiger partial charge in [0.25, 0.3) is 10.2 Å². The third kappa shape index (κ3) is 3.75. The molecular formula is C17H25N5O2S. The second-order valence-electron chi connectivity index (χ2n) is 6.69. The maximum Gasteiger partial charge on any atom is 0.281 e. The molecule has 0 aromatic carbocycles. The topological polar surface area (TPSA) is 71.3 Å². The summed E-state index contributed by atoms with van der Waals surface area (Å²) in [6.07, 6.45) is 6.22. The number of rotatable bonds is 5. The van der Waals surface area contributed by atoms with Crippen molar-refractivity contribution in [3.05, 3.63) is 36.2 Å². The van der Waals surface area contributed by atoms with Crippen LogP contribution in [0.1, 0.15) is 18.4 Å². The summed E-state index contributed by atoms with van der Waals surface area (Å²) in [5.41, 5.74) is 3.16. The van der Waals surface area contributed by atoms with Crippen LogP contribution in [0.3, 0.4) is 0 Å². The summed E-state index contributed by atoms with van der Waals surface area (Å²) in [7, 11) is 1.77. The van der Waals surface area contributed by atoms with Gasteiger partial charge in [-0.2, -0.15) is 22.1 Å². The van der Waals surface area contributed by atoms with E-state index in [4.69, 9.17) is 0 Å². The summed E-state index contributed by atoms with van der Waals surface area (Å²) in [6, 6.07) is 6.04. The Morgan fingerprint density at radius 2 is 1.92 bits per heavy atom. The Bertz CT molecular complexity index is 823. The Balaban J connectivity index is 1.71. The minimum Gasteiger partial charge on any atom is -0.266 e. The van der Waals surface area contributed by atoms with Gasteiger partial charge in [0, 0.05) is 46.6 Å². The highest BCUT2D eigenvalue weighted by molar-refractivity contribution is 7.86. The third-order valence-corrected chi connectivity index (χ3v) is 6.77. The molecule has 1 aliphatic heterocycles. The molecule has 0 amide bonds. The quantitative estimate of drug-likeness (QED) is 0.808. The van der Waals surface area contributed by atoms with Gasteiger partial charge < -0.3 is 0 Å². The highest BCUT2D eigenvalue weighted by atomic mass is 32.2. The normalized spacial score (nSPS) is 17.3. The van der Waals surface area contributed by atoms with E-state index >= 15 is 0 Å². The fraction of sp³-hybridized carbons (Fsp3) is 0.529. The number of aromatic nitrogens is 3. The molecule has 25 heavy (non-hydrogen) atoms. The van der Waals surface area contributed by atoms with Crippen molar-refractivity contribution in [2.75, 3.05) is 27.2 Å². The lowest BCUT2D eigenvalue weighted by Gasteiger charge is -2.33. The molecule has 0 radical (unpaired) electrons. The number of hydrogen-bond acceptors (Lipinski definition) is 4. The summed E-state index contributed by atoms with van der Waals surface area (Å²) in [4.78, 5) is 4.55. The van der Waals surface area contributed by atoms with E-state index in [2.05, 4.69) is 16.1 Å². The van der Waals surface area contributed by atoms with E-state index in [-0.39, 0.29) is 0 Å². The maximum absolute atomic E-state index is 12.2. The molecule has 2 aromatic heterocycles. The van der Waals surface area contributed by atoms with Gasteiger partial charge in [0.15, 0.2) is 0 Å². The fourth-order valence-electron chi connectivity index (χ4n) is 3.33.